The number of aliphatic hydroxyl groups is 2. The summed E-state index contributed by atoms with van der Waals surface area (Å²) >= 11 is 0. The number of nitrogens with zero attached hydrogens (tertiary/aromatic N) is 4. The molecule has 0 bridgehead atoms. The van der Waals surface area contributed by atoms with Gasteiger partial charge in [0.1, 0.15) is 18.2 Å². The van der Waals surface area contributed by atoms with E-state index in [2.05, 4.69) is 18.8 Å². The van der Waals surface area contributed by atoms with Crippen molar-refractivity contribution in [3.8, 4) is 0 Å². The Balaban J connectivity index is 0.944. The van der Waals surface area contributed by atoms with E-state index in [1.807, 2.05) is 30.3 Å². The molecule has 0 unspecified atom stereocenters. The van der Waals surface area contributed by atoms with E-state index >= 15 is 0 Å². The second-order valence-corrected chi connectivity index (χ2v) is 16.7. The van der Waals surface area contributed by atoms with Crippen molar-refractivity contribution in [2.24, 2.45) is 34.5 Å². The fraction of sp³-hybridized carbons (Fsp3) is 0.711. The fourth-order valence-corrected chi connectivity index (χ4v) is 11.9. The van der Waals surface area contributed by atoms with Gasteiger partial charge in [-0.2, -0.15) is 0 Å². The Morgan fingerprint density at radius 1 is 0.957 bits per heavy atom. The number of aromatic nitrogens is 1. The van der Waals surface area contributed by atoms with Gasteiger partial charge in [0.25, 0.3) is 5.91 Å². The predicted octanol–water partition coefficient (Wildman–Crippen LogP) is 4.74. The van der Waals surface area contributed by atoms with Crippen LogP contribution in [0.25, 0.3) is 10.9 Å². The maximum Gasteiger partial charge on any atom is 0.256 e. The number of hydrogen-bond acceptors (Lipinski definition) is 6. The monoisotopic (exact) mass is 644 g/mol. The van der Waals surface area contributed by atoms with Crippen LogP contribution in [0.3, 0.4) is 0 Å². The van der Waals surface area contributed by atoms with E-state index in [1.54, 1.807) is 16.0 Å². The average Bonchev–Trinajstić information content (AvgIpc) is 3.68. The summed E-state index contributed by atoms with van der Waals surface area (Å²) in [5.74, 6) is 1.90. The first-order valence-electron chi connectivity index (χ1n) is 18.4. The van der Waals surface area contributed by atoms with Crippen molar-refractivity contribution < 1.29 is 24.4 Å². The third kappa shape index (κ3) is 4.97. The maximum absolute atomic E-state index is 14.6. The number of aliphatic hydroxyl groups excluding tert-OH is 2. The highest BCUT2D eigenvalue weighted by molar-refractivity contribution is 6.00. The summed E-state index contributed by atoms with van der Waals surface area (Å²) in [6.07, 6.45) is 10.1. The first kappa shape index (κ1) is 31.7. The minimum Gasteiger partial charge on any atom is -0.632 e. The lowest BCUT2D eigenvalue weighted by Crippen LogP contribution is -2.69. The summed E-state index contributed by atoms with van der Waals surface area (Å²) in [4.78, 5) is 35.4. The van der Waals surface area contributed by atoms with Gasteiger partial charge in [0, 0.05) is 24.5 Å². The molecule has 9 nitrogen and oxygen atoms in total. The average molecular weight is 645 g/mol. The Morgan fingerprint density at radius 3 is 2.53 bits per heavy atom. The third-order valence-corrected chi connectivity index (χ3v) is 14.7. The molecule has 2 aromatic rings. The van der Waals surface area contributed by atoms with Crippen LogP contribution in [-0.4, -0.2) is 98.5 Å². The van der Waals surface area contributed by atoms with Crippen LogP contribution in [0, 0.1) is 39.7 Å². The number of rotatable bonds is 3. The van der Waals surface area contributed by atoms with E-state index in [4.69, 9.17) is 0 Å². The molecule has 4 aliphatic carbocycles. The zero-order valence-corrected chi connectivity index (χ0v) is 28.1. The number of likely N-dealkylation sites (tertiary alicyclic amines) is 1. The number of quaternary nitrogens is 1. The highest BCUT2D eigenvalue weighted by Gasteiger charge is 2.62. The molecular weight excluding hydrogens is 592 g/mol. The number of amides is 2. The van der Waals surface area contributed by atoms with E-state index in [0.29, 0.717) is 61.7 Å². The van der Waals surface area contributed by atoms with Gasteiger partial charge in [-0.15, -0.1) is 0 Å². The SMILES string of the molecule is C[C@]12C[C@H]([N+]3([O-])CCN(C(=O)[C@@H]4CCCN4C(=O)c4cnc5ccccc5c4)CC3)[C@@H](O)C[C@@H]1CC[C@@H]1[C@@H]2CC[C@]2(C)[C@@H](O)CC[C@@H]12. The largest absolute Gasteiger partial charge is 0.632 e. The summed E-state index contributed by atoms with van der Waals surface area (Å²) in [7, 11) is 0. The summed E-state index contributed by atoms with van der Waals surface area (Å²) in [6, 6.07) is 8.66. The first-order valence-corrected chi connectivity index (χ1v) is 18.4. The minimum absolute atomic E-state index is 0.0205. The molecule has 3 heterocycles. The summed E-state index contributed by atoms with van der Waals surface area (Å²) in [6.45, 7) is 6.54. The van der Waals surface area contributed by atoms with Crippen molar-refractivity contribution in [1.29, 1.82) is 0 Å². The molecule has 47 heavy (non-hydrogen) atoms. The summed E-state index contributed by atoms with van der Waals surface area (Å²) in [5.41, 5.74) is 1.37. The minimum atomic E-state index is -0.620. The smallest absolute Gasteiger partial charge is 0.256 e. The molecule has 1 aromatic carbocycles. The molecule has 1 aromatic heterocycles. The number of para-hydroxylation sites is 1. The van der Waals surface area contributed by atoms with Crippen molar-refractivity contribution in [3.05, 3.63) is 47.3 Å². The van der Waals surface area contributed by atoms with Crippen molar-refractivity contribution in [1.82, 2.24) is 14.8 Å². The zero-order chi connectivity index (χ0) is 32.7. The van der Waals surface area contributed by atoms with Gasteiger partial charge >= 0.3 is 0 Å². The molecule has 2 saturated heterocycles. The number of carbonyl (C=O) groups is 2. The van der Waals surface area contributed by atoms with E-state index in [1.165, 1.54) is 6.42 Å². The van der Waals surface area contributed by atoms with Gasteiger partial charge in [0.15, 0.2) is 0 Å². The van der Waals surface area contributed by atoms with Crippen LogP contribution < -0.4 is 0 Å². The Kier molecular flexibility index (Phi) is 7.75. The lowest BCUT2D eigenvalue weighted by molar-refractivity contribution is -0.915. The predicted molar refractivity (Wildman–Crippen MR) is 179 cm³/mol. The van der Waals surface area contributed by atoms with Crippen molar-refractivity contribution in [3.63, 3.8) is 0 Å². The molecule has 2 amide bonds. The third-order valence-electron chi connectivity index (χ3n) is 14.7. The maximum atomic E-state index is 14.6. The molecule has 6 fully saturated rings. The number of pyridine rings is 1. The van der Waals surface area contributed by atoms with Crippen LogP contribution in [0.1, 0.15) is 88.4 Å². The normalized spacial score (nSPS) is 41.3. The molecule has 10 atom stereocenters. The Labute approximate surface area is 278 Å². The van der Waals surface area contributed by atoms with E-state index in [9.17, 15) is 25.0 Å². The number of benzene rings is 1. The van der Waals surface area contributed by atoms with E-state index in [0.717, 1.165) is 55.8 Å². The van der Waals surface area contributed by atoms with Crippen LogP contribution in [0.5, 0.6) is 0 Å². The summed E-state index contributed by atoms with van der Waals surface area (Å²) < 4.78 is -0.430. The number of piperazine rings is 1. The molecule has 0 spiro atoms. The molecule has 0 radical (unpaired) electrons. The van der Waals surface area contributed by atoms with E-state index in [-0.39, 0.29) is 47.9 Å². The topological polar surface area (TPSA) is 117 Å². The van der Waals surface area contributed by atoms with Gasteiger partial charge < -0.3 is 29.9 Å². The second-order valence-electron chi connectivity index (χ2n) is 16.7. The molecule has 9 heteroatoms. The molecule has 254 valence electrons. The zero-order valence-electron chi connectivity index (χ0n) is 28.1. The van der Waals surface area contributed by atoms with Gasteiger partial charge in [0.2, 0.25) is 5.91 Å². The highest BCUT2D eigenvalue weighted by Crippen LogP contribution is 2.66. The Morgan fingerprint density at radius 2 is 1.72 bits per heavy atom. The van der Waals surface area contributed by atoms with Crippen LogP contribution in [0.15, 0.2) is 36.5 Å². The van der Waals surface area contributed by atoms with Crippen molar-refractivity contribution in [2.75, 3.05) is 32.7 Å². The van der Waals surface area contributed by atoms with Crippen molar-refractivity contribution >= 4 is 22.7 Å². The Hall–Kier alpha value is -2.59. The molecular formula is C38H52N4O5. The molecule has 8 rings (SSSR count). The van der Waals surface area contributed by atoms with Crippen LogP contribution >= 0.6 is 0 Å². The molecule has 6 aliphatic rings. The highest BCUT2D eigenvalue weighted by atomic mass is 16.6. The van der Waals surface area contributed by atoms with Gasteiger partial charge in [-0.3, -0.25) is 14.6 Å². The Bertz CT molecular complexity index is 1540. The standard InChI is InChI=1S/C38H52N4O5/c1-37-14-13-29-27(28(37)11-12-34(37)44)10-9-26-21-33(43)32(22-38(26,29)2)42(47)18-16-40(17-19-42)36(46)31-8-5-15-41(31)35(45)25-20-24-6-3-4-7-30(24)39-23-25/h3-4,6-7,20,23,26-29,31-34,43-44H,5,8-19,21-22H2,1-2H3/t26-,27-,28-,29-,31-,32-,33-,34-,37-,38-/m0/s1. The lowest BCUT2D eigenvalue weighted by atomic mass is 9.44. The molecule has 2 aliphatic heterocycles. The van der Waals surface area contributed by atoms with Crippen LogP contribution in [0.4, 0.5) is 0 Å². The number of hydrogen-bond donors (Lipinski definition) is 2. The second kappa shape index (κ2) is 11.5. The van der Waals surface area contributed by atoms with E-state index < -0.39 is 16.8 Å². The lowest BCUT2D eigenvalue weighted by Gasteiger charge is -2.64. The molecule has 4 saturated carbocycles. The fourth-order valence-electron chi connectivity index (χ4n) is 11.9. The van der Waals surface area contributed by atoms with Crippen LogP contribution in [-0.2, 0) is 4.79 Å². The quantitative estimate of drug-likeness (QED) is 0.369. The van der Waals surface area contributed by atoms with Gasteiger partial charge in [-0.05, 0) is 104 Å². The number of fused-ring (bicyclic) bond motifs is 6. The van der Waals surface area contributed by atoms with Gasteiger partial charge in [-0.1, -0.05) is 32.0 Å². The number of carbonyl (C=O) groups excluding carboxylic acids is 2. The first-order chi connectivity index (χ1) is 22.5. The van der Waals surface area contributed by atoms with Gasteiger partial charge in [0.05, 0.1) is 43.4 Å². The molecule has 2 N–H and O–H groups in total. The van der Waals surface area contributed by atoms with Crippen molar-refractivity contribution in [2.45, 2.75) is 102 Å². The summed E-state index contributed by atoms with van der Waals surface area (Å²) in [5, 5.41) is 37.9. The van der Waals surface area contributed by atoms with Gasteiger partial charge in [-0.25, -0.2) is 0 Å². The number of hydroxylamine groups is 3. The van der Waals surface area contributed by atoms with Crippen LogP contribution in [0.2, 0.25) is 0 Å².